The zero-order valence-corrected chi connectivity index (χ0v) is 12.7. The minimum absolute atomic E-state index is 0.652. The van der Waals surface area contributed by atoms with Crippen molar-refractivity contribution in [3.05, 3.63) is 28.6 Å². The minimum Gasteiger partial charge on any atom is -0.315 e. The van der Waals surface area contributed by atoms with Gasteiger partial charge >= 0.3 is 0 Å². The lowest BCUT2D eigenvalue weighted by Crippen LogP contribution is -2.72. The molecule has 0 saturated carbocycles. The van der Waals surface area contributed by atoms with E-state index in [1.807, 2.05) is 0 Å². The van der Waals surface area contributed by atoms with Crippen molar-refractivity contribution >= 4 is 0 Å². The molecule has 3 heterocycles. The second-order valence-corrected chi connectivity index (χ2v) is 7.11. The highest BCUT2D eigenvalue weighted by atomic mass is 15.3. The van der Waals surface area contributed by atoms with E-state index in [4.69, 9.17) is 4.98 Å². The van der Waals surface area contributed by atoms with Crippen molar-refractivity contribution in [1.82, 2.24) is 15.2 Å². The molecule has 0 amide bonds. The molecule has 1 atom stereocenters. The Morgan fingerprint density at radius 1 is 1.40 bits per heavy atom. The van der Waals surface area contributed by atoms with Crippen molar-refractivity contribution in [2.75, 3.05) is 26.2 Å². The second-order valence-electron chi connectivity index (χ2n) is 7.11. The van der Waals surface area contributed by atoms with Crippen molar-refractivity contribution in [3.8, 4) is 0 Å². The molecule has 1 unspecified atom stereocenters. The normalized spacial score (nSPS) is 27.8. The Kier molecular flexibility index (Phi) is 2.90. The van der Waals surface area contributed by atoms with Crippen LogP contribution in [0.2, 0.25) is 0 Å². The van der Waals surface area contributed by atoms with Gasteiger partial charge in [-0.05, 0) is 49.8 Å². The molecule has 0 bridgehead atoms. The van der Waals surface area contributed by atoms with Gasteiger partial charge in [0, 0.05) is 49.0 Å². The molecule has 1 aromatic heterocycles. The molecule has 2 saturated heterocycles. The lowest BCUT2D eigenvalue weighted by Gasteiger charge is -2.59. The smallest absolute Gasteiger partial charge is 0.0442 e. The van der Waals surface area contributed by atoms with Gasteiger partial charge in [-0.2, -0.15) is 0 Å². The summed E-state index contributed by atoms with van der Waals surface area (Å²) in [6.45, 7) is 9.54. The third-order valence-corrected chi connectivity index (χ3v) is 5.56. The fourth-order valence-electron chi connectivity index (χ4n) is 4.34. The lowest BCUT2D eigenvalue weighted by molar-refractivity contribution is -0.0675. The number of rotatable bonds is 2. The molecule has 3 aliphatic rings. The topological polar surface area (TPSA) is 28.2 Å². The van der Waals surface area contributed by atoms with Gasteiger partial charge in [-0.25, -0.2) is 0 Å². The maximum atomic E-state index is 4.79. The van der Waals surface area contributed by atoms with Gasteiger partial charge in [-0.1, -0.05) is 6.92 Å². The van der Waals surface area contributed by atoms with Crippen molar-refractivity contribution in [2.24, 2.45) is 5.41 Å². The van der Waals surface area contributed by atoms with E-state index < -0.39 is 0 Å². The zero-order valence-electron chi connectivity index (χ0n) is 12.7. The molecule has 20 heavy (non-hydrogen) atoms. The second kappa shape index (κ2) is 4.54. The number of fused-ring (bicyclic) bond motifs is 1. The Hall–Kier alpha value is -0.930. The van der Waals surface area contributed by atoms with Gasteiger partial charge in [0.2, 0.25) is 0 Å². The molecular weight excluding hydrogens is 246 g/mol. The Bertz CT molecular complexity index is 508. The first-order chi connectivity index (χ1) is 9.69. The van der Waals surface area contributed by atoms with Crippen LogP contribution in [0.25, 0.3) is 0 Å². The Balaban J connectivity index is 1.51. The largest absolute Gasteiger partial charge is 0.315 e. The number of pyridine rings is 1. The first kappa shape index (κ1) is 12.8. The van der Waals surface area contributed by atoms with Gasteiger partial charge in [0.05, 0.1) is 0 Å². The third-order valence-electron chi connectivity index (χ3n) is 5.56. The van der Waals surface area contributed by atoms with E-state index >= 15 is 0 Å². The van der Waals surface area contributed by atoms with Gasteiger partial charge < -0.3 is 5.32 Å². The van der Waals surface area contributed by atoms with Crippen molar-refractivity contribution < 1.29 is 0 Å². The molecule has 2 aliphatic heterocycles. The quantitative estimate of drug-likeness (QED) is 0.887. The summed E-state index contributed by atoms with van der Waals surface area (Å²) in [6.07, 6.45) is 4.86. The molecule has 4 rings (SSSR count). The van der Waals surface area contributed by atoms with Gasteiger partial charge in [0.15, 0.2) is 0 Å². The van der Waals surface area contributed by atoms with Gasteiger partial charge in [-0.15, -0.1) is 0 Å². The molecule has 3 heteroatoms. The fourth-order valence-corrected chi connectivity index (χ4v) is 4.34. The van der Waals surface area contributed by atoms with Crippen molar-refractivity contribution in [1.29, 1.82) is 0 Å². The summed E-state index contributed by atoms with van der Waals surface area (Å²) in [6, 6.07) is 3.07. The zero-order chi connectivity index (χ0) is 13.7. The molecule has 0 aromatic carbocycles. The molecule has 2 fully saturated rings. The van der Waals surface area contributed by atoms with Crippen molar-refractivity contribution in [2.45, 2.75) is 45.6 Å². The van der Waals surface area contributed by atoms with E-state index in [0.29, 0.717) is 5.41 Å². The van der Waals surface area contributed by atoms with Crippen LogP contribution in [-0.4, -0.2) is 42.1 Å². The summed E-state index contributed by atoms with van der Waals surface area (Å²) in [5.74, 6) is 0. The van der Waals surface area contributed by atoms with Crippen LogP contribution >= 0.6 is 0 Å². The van der Waals surface area contributed by atoms with Crippen LogP contribution in [0.3, 0.4) is 0 Å². The fraction of sp³-hybridized carbons (Fsp3) is 0.706. The monoisotopic (exact) mass is 271 g/mol. The van der Waals surface area contributed by atoms with Crippen LogP contribution in [0, 0.1) is 12.3 Å². The van der Waals surface area contributed by atoms with Crippen molar-refractivity contribution in [3.63, 3.8) is 0 Å². The number of nitrogens with zero attached hydrogens (tertiary/aromatic N) is 2. The van der Waals surface area contributed by atoms with E-state index in [9.17, 15) is 0 Å². The predicted molar refractivity (Wildman–Crippen MR) is 81.0 cm³/mol. The predicted octanol–water partition coefficient (Wildman–Crippen LogP) is 1.71. The molecule has 1 spiro atoms. The van der Waals surface area contributed by atoms with E-state index in [1.165, 1.54) is 62.4 Å². The number of likely N-dealkylation sites (tertiary alicyclic amines) is 1. The SMILES string of the molecule is CCc1cc(C)nc2c1CC(N1CC3(CNC3)C1)CC2. The highest BCUT2D eigenvalue weighted by molar-refractivity contribution is 5.35. The maximum absolute atomic E-state index is 4.79. The van der Waals surface area contributed by atoms with E-state index in [2.05, 4.69) is 30.1 Å². The summed E-state index contributed by atoms with van der Waals surface area (Å²) < 4.78 is 0. The molecular formula is C17H25N3. The summed E-state index contributed by atoms with van der Waals surface area (Å²) in [7, 11) is 0. The van der Waals surface area contributed by atoms with E-state index in [1.54, 1.807) is 5.56 Å². The van der Waals surface area contributed by atoms with Crippen LogP contribution in [0.1, 0.15) is 35.9 Å². The highest BCUT2D eigenvalue weighted by Gasteiger charge is 2.49. The standard InChI is InChI=1S/C17H25N3/c1-3-13-6-12(2)19-16-5-4-14(7-15(13)16)20-10-17(11-20)8-18-9-17/h6,14,18H,3-5,7-11H2,1-2H3. The highest BCUT2D eigenvalue weighted by Crippen LogP contribution is 2.38. The average Bonchev–Trinajstić information content (AvgIpc) is 2.34. The summed E-state index contributed by atoms with van der Waals surface area (Å²) >= 11 is 0. The Morgan fingerprint density at radius 2 is 2.20 bits per heavy atom. The van der Waals surface area contributed by atoms with E-state index in [0.717, 1.165) is 12.5 Å². The molecule has 1 aliphatic carbocycles. The number of aryl methyl sites for hydroxylation is 3. The summed E-state index contributed by atoms with van der Waals surface area (Å²) in [4.78, 5) is 7.51. The van der Waals surface area contributed by atoms with Gasteiger partial charge in [-0.3, -0.25) is 9.88 Å². The minimum atomic E-state index is 0.652. The lowest BCUT2D eigenvalue weighted by atomic mass is 9.72. The van der Waals surface area contributed by atoms with Crippen LogP contribution in [0.5, 0.6) is 0 Å². The number of nitrogens with one attached hydrogen (secondary N) is 1. The van der Waals surface area contributed by atoms with Gasteiger partial charge in [0.25, 0.3) is 0 Å². The third kappa shape index (κ3) is 1.91. The first-order valence-corrected chi connectivity index (χ1v) is 8.12. The molecule has 1 aromatic rings. The summed E-state index contributed by atoms with van der Waals surface area (Å²) in [5.41, 5.74) is 6.35. The molecule has 3 nitrogen and oxygen atoms in total. The number of hydrogen-bond acceptors (Lipinski definition) is 3. The number of hydrogen-bond donors (Lipinski definition) is 1. The summed E-state index contributed by atoms with van der Waals surface area (Å²) in [5, 5.41) is 3.43. The Morgan fingerprint density at radius 3 is 2.85 bits per heavy atom. The molecule has 108 valence electrons. The average molecular weight is 271 g/mol. The van der Waals surface area contributed by atoms with Crippen LogP contribution in [0.15, 0.2) is 6.07 Å². The molecule has 1 N–H and O–H groups in total. The van der Waals surface area contributed by atoms with E-state index in [-0.39, 0.29) is 0 Å². The maximum Gasteiger partial charge on any atom is 0.0442 e. The van der Waals surface area contributed by atoms with Crippen LogP contribution < -0.4 is 5.32 Å². The van der Waals surface area contributed by atoms with Gasteiger partial charge in [0.1, 0.15) is 0 Å². The number of aromatic nitrogens is 1. The van der Waals surface area contributed by atoms with Crippen LogP contribution in [-0.2, 0) is 19.3 Å². The first-order valence-electron chi connectivity index (χ1n) is 8.12. The molecule has 0 radical (unpaired) electrons. The Labute approximate surface area is 121 Å². The van der Waals surface area contributed by atoms with Crippen LogP contribution in [0.4, 0.5) is 0 Å².